The van der Waals surface area contributed by atoms with Gasteiger partial charge in [-0.05, 0) is 30.5 Å². The molecule has 1 aliphatic heterocycles. The van der Waals surface area contributed by atoms with Gasteiger partial charge in [-0.2, -0.15) is 0 Å². The largest absolute Gasteiger partial charge is 0.352 e. The van der Waals surface area contributed by atoms with E-state index in [1.165, 1.54) is 5.56 Å². The molecule has 0 unspecified atom stereocenters. The normalized spacial score (nSPS) is 20.8. The summed E-state index contributed by atoms with van der Waals surface area (Å²) in [7, 11) is 0. The van der Waals surface area contributed by atoms with Gasteiger partial charge in [0.05, 0.1) is 6.54 Å². The lowest BCUT2D eigenvalue weighted by molar-refractivity contribution is -0.122. The Labute approximate surface area is 120 Å². The Morgan fingerprint density at radius 1 is 1.25 bits per heavy atom. The Balaban J connectivity index is 1.39. The van der Waals surface area contributed by atoms with Gasteiger partial charge >= 0.3 is 0 Å². The fourth-order valence-corrected chi connectivity index (χ4v) is 2.60. The van der Waals surface area contributed by atoms with E-state index in [1.54, 1.807) is 0 Å². The number of amides is 1. The quantitative estimate of drug-likeness (QED) is 0.864. The second-order valence-electron chi connectivity index (χ2n) is 5.81. The van der Waals surface area contributed by atoms with Gasteiger partial charge in [-0.25, -0.2) is 0 Å². The highest BCUT2D eigenvalue weighted by atomic mass is 16.2. The van der Waals surface area contributed by atoms with Gasteiger partial charge in [0.1, 0.15) is 0 Å². The summed E-state index contributed by atoms with van der Waals surface area (Å²) in [4.78, 5) is 16.5. The van der Waals surface area contributed by atoms with Gasteiger partial charge in [0.25, 0.3) is 0 Å². The van der Waals surface area contributed by atoms with Crippen molar-refractivity contribution in [2.75, 3.05) is 32.7 Å². The van der Waals surface area contributed by atoms with Crippen molar-refractivity contribution in [2.45, 2.75) is 25.4 Å². The zero-order chi connectivity index (χ0) is 13.8. The summed E-state index contributed by atoms with van der Waals surface area (Å²) >= 11 is 0. The number of rotatable bonds is 5. The summed E-state index contributed by atoms with van der Waals surface area (Å²) in [5.74, 6) is 0.193. The summed E-state index contributed by atoms with van der Waals surface area (Å²) in [6.45, 7) is 5.57. The van der Waals surface area contributed by atoms with E-state index in [4.69, 9.17) is 0 Å². The van der Waals surface area contributed by atoms with E-state index >= 15 is 0 Å². The molecule has 3 rings (SSSR count). The smallest absolute Gasteiger partial charge is 0.234 e. The Morgan fingerprint density at radius 3 is 2.65 bits per heavy atom. The molecule has 4 heteroatoms. The number of nitrogens with zero attached hydrogens (tertiary/aromatic N) is 2. The van der Waals surface area contributed by atoms with E-state index in [9.17, 15) is 4.79 Å². The summed E-state index contributed by atoms with van der Waals surface area (Å²) in [6, 6.07) is 11.8. The van der Waals surface area contributed by atoms with Gasteiger partial charge < -0.3 is 5.32 Å². The van der Waals surface area contributed by atoms with Gasteiger partial charge in [-0.1, -0.05) is 18.2 Å². The highest BCUT2D eigenvalue weighted by Gasteiger charge is 2.25. The van der Waals surface area contributed by atoms with Gasteiger partial charge in [0.2, 0.25) is 5.91 Å². The fourth-order valence-electron chi connectivity index (χ4n) is 2.60. The van der Waals surface area contributed by atoms with Crippen molar-refractivity contribution >= 4 is 5.91 Å². The van der Waals surface area contributed by atoms with E-state index in [1.807, 2.05) is 12.1 Å². The molecule has 1 heterocycles. The molecule has 2 aliphatic rings. The first-order chi connectivity index (χ1) is 9.79. The maximum absolute atomic E-state index is 11.8. The predicted octanol–water partition coefficient (Wildman–Crippen LogP) is 0.883. The first-order valence-electron chi connectivity index (χ1n) is 7.49. The fraction of sp³-hybridized carbons (Fsp3) is 0.562. The molecular weight excluding hydrogens is 250 g/mol. The summed E-state index contributed by atoms with van der Waals surface area (Å²) < 4.78 is 0. The Morgan fingerprint density at radius 2 is 2.00 bits per heavy atom. The molecular formula is C16H22N3O. The Bertz CT molecular complexity index is 436. The first-order valence-corrected chi connectivity index (χ1v) is 7.49. The van der Waals surface area contributed by atoms with Crippen LogP contribution in [0.2, 0.25) is 0 Å². The summed E-state index contributed by atoms with van der Waals surface area (Å²) in [5.41, 5.74) is 1.31. The van der Waals surface area contributed by atoms with Gasteiger partial charge in [-0.15, -0.1) is 0 Å². The molecule has 0 spiro atoms. The van der Waals surface area contributed by atoms with Crippen LogP contribution in [-0.4, -0.2) is 54.5 Å². The Kier molecular flexibility index (Phi) is 4.33. The summed E-state index contributed by atoms with van der Waals surface area (Å²) in [5, 5.41) is 3.05. The molecule has 1 saturated heterocycles. The average molecular weight is 272 g/mol. The Hall–Kier alpha value is -1.39. The molecule has 4 nitrogen and oxygen atoms in total. The predicted molar refractivity (Wildman–Crippen MR) is 78.2 cm³/mol. The second kappa shape index (κ2) is 6.37. The van der Waals surface area contributed by atoms with Gasteiger partial charge in [-0.3, -0.25) is 14.6 Å². The molecule has 20 heavy (non-hydrogen) atoms. The van der Waals surface area contributed by atoms with E-state index < -0.39 is 0 Å². The monoisotopic (exact) mass is 272 g/mol. The minimum atomic E-state index is 0.193. The molecule has 2 fully saturated rings. The molecule has 1 aromatic carbocycles. The van der Waals surface area contributed by atoms with Crippen molar-refractivity contribution < 1.29 is 4.79 Å². The van der Waals surface area contributed by atoms with Crippen LogP contribution in [0.25, 0.3) is 0 Å². The van der Waals surface area contributed by atoms with E-state index in [0.29, 0.717) is 12.6 Å². The molecule has 0 bridgehead atoms. The number of nitrogens with one attached hydrogen (secondary N) is 1. The number of benzene rings is 1. The van der Waals surface area contributed by atoms with Crippen molar-refractivity contribution in [3.05, 3.63) is 35.9 Å². The van der Waals surface area contributed by atoms with Gasteiger partial charge in [0, 0.05) is 38.8 Å². The zero-order valence-electron chi connectivity index (χ0n) is 11.8. The lowest BCUT2D eigenvalue weighted by Crippen LogP contribution is -2.49. The highest BCUT2D eigenvalue weighted by Crippen LogP contribution is 2.18. The molecule has 1 aromatic rings. The average Bonchev–Trinajstić information content (AvgIpc) is 3.26. The van der Waals surface area contributed by atoms with Crippen LogP contribution < -0.4 is 5.32 Å². The second-order valence-corrected chi connectivity index (χ2v) is 5.81. The van der Waals surface area contributed by atoms with Crippen LogP contribution in [0.5, 0.6) is 0 Å². The van der Waals surface area contributed by atoms with Crippen LogP contribution in [0.4, 0.5) is 0 Å². The van der Waals surface area contributed by atoms with E-state index in [0.717, 1.165) is 45.6 Å². The van der Waals surface area contributed by atoms with E-state index in [2.05, 4.69) is 33.3 Å². The number of piperazine rings is 1. The third kappa shape index (κ3) is 4.05. The number of hydrogen-bond donors (Lipinski definition) is 1. The molecule has 1 aliphatic carbocycles. The topological polar surface area (TPSA) is 35.6 Å². The first kappa shape index (κ1) is 13.6. The maximum atomic E-state index is 11.8. The zero-order valence-corrected chi connectivity index (χ0v) is 11.8. The molecule has 0 atom stereocenters. The molecule has 1 amide bonds. The molecule has 1 radical (unpaired) electrons. The van der Waals surface area contributed by atoms with Crippen LogP contribution in [0.3, 0.4) is 0 Å². The number of hydrogen-bond acceptors (Lipinski definition) is 3. The third-order valence-corrected chi connectivity index (χ3v) is 3.95. The maximum Gasteiger partial charge on any atom is 0.234 e. The van der Waals surface area contributed by atoms with Crippen molar-refractivity contribution in [2.24, 2.45) is 0 Å². The molecule has 0 aromatic heterocycles. The van der Waals surface area contributed by atoms with Crippen molar-refractivity contribution in [3.8, 4) is 0 Å². The van der Waals surface area contributed by atoms with Crippen molar-refractivity contribution in [3.63, 3.8) is 0 Å². The highest BCUT2D eigenvalue weighted by molar-refractivity contribution is 5.78. The lowest BCUT2D eigenvalue weighted by Gasteiger charge is -2.34. The number of carbonyl (C=O) groups excluding carboxylic acids is 1. The standard InChI is InChI=1S/C16H22N3O/c20-16(17-15-6-7-15)13-19-10-8-18(9-11-19)12-14-4-2-1-3-5-14/h1-2,4-5,15H,6-13H2,(H,17,20). The van der Waals surface area contributed by atoms with Crippen LogP contribution in [0.1, 0.15) is 18.4 Å². The minimum Gasteiger partial charge on any atom is -0.352 e. The third-order valence-electron chi connectivity index (χ3n) is 3.95. The molecule has 1 saturated carbocycles. The van der Waals surface area contributed by atoms with Crippen LogP contribution in [0.15, 0.2) is 24.3 Å². The van der Waals surface area contributed by atoms with Crippen LogP contribution in [0, 0.1) is 6.07 Å². The number of carbonyl (C=O) groups is 1. The lowest BCUT2D eigenvalue weighted by atomic mass is 10.2. The molecule has 107 valence electrons. The molecule has 1 N–H and O–H groups in total. The minimum absolute atomic E-state index is 0.193. The van der Waals surface area contributed by atoms with Crippen LogP contribution in [-0.2, 0) is 11.3 Å². The van der Waals surface area contributed by atoms with Crippen molar-refractivity contribution in [1.82, 2.24) is 15.1 Å². The van der Waals surface area contributed by atoms with Gasteiger partial charge in [0.15, 0.2) is 0 Å². The van der Waals surface area contributed by atoms with E-state index in [-0.39, 0.29) is 5.91 Å². The van der Waals surface area contributed by atoms with Crippen LogP contribution >= 0.6 is 0 Å². The summed E-state index contributed by atoms with van der Waals surface area (Å²) in [6.07, 6.45) is 2.32. The SMILES string of the molecule is O=C(CN1CCN(Cc2c[c]ccc2)CC1)NC1CC1. The van der Waals surface area contributed by atoms with Crippen molar-refractivity contribution in [1.29, 1.82) is 0 Å².